The van der Waals surface area contributed by atoms with E-state index in [1.54, 1.807) is 6.07 Å². The minimum absolute atomic E-state index is 0.0806. The highest BCUT2D eigenvalue weighted by Gasteiger charge is 2.16. The Morgan fingerprint density at radius 2 is 1.90 bits per heavy atom. The lowest BCUT2D eigenvalue weighted by Gasteiger charge is -2.26. The fourth-order valence-electron chi connectivity index (χ4n) is 1.99. The molecule has 0 atom stereocenters. The summed E-state index contributed by atoms with van der Waals surface area (Å²) in [7, 11) is 0. The van der Waals surface area contributed by atoms with Crippen LogP contribution in [0.15, 0.2) is 18.2 Å². The zero-order valence-electron chi connectivity index (χ0n) is 11.7. The van der Waals surface area contributed by atoms with Crippen molar-refractivity contribution >= 4 is 35.1 Å². The Kier molecular flexibility index (Phi) is 4.89. The van der Waals surface area contributed by atoms with Gasteiger partial charge >= 0.3 is 6.03 Å². The number of carbonyl (C=O) groups excluding carboxylic acids is 2. The van der Waals surface area contributed by atoms with Crippen LogP contribution < -0.4 is 10.6 Å². The van der Waals surface area contributed by atoms with Gasteiger partial charge in [-0.1, -0.05) is 6.07 Å². The summed E-state index contributed by atoms with van der Waals surface area (Å²) in [4.78, 5) is 25.1. The molecule has 1 aromatic carbocycles. The molecule has 5 nitrogen and oxygen atoms in total. The van der Waals surface area contributed by atoms with E-state index < -0.39 is 0 Å². The van der Waals surface area contributed by atoms with E-state index in [0.29, 0.717) is 5.69 Å². The lowest BCUT2D eigenvalue weighted by atomic mass is 10.2. The van der Waals surface area contributed by atoms with Crippen LogP contribution in [0.5, 0.6) is 0 Å². The van der Waals surface area contributed by atoms with E-state index in [4.69, 9.17) is 0 Å². The molecule has 0 bridgehead atoms. The molecule has 0 aliphatic carbocycles. The molecule has 0 saturated carbocycles. The van der Waals surface area contributed by atoms with Gasteiger partial charge in [-0.2, -0.15) is 11.8 Å². The molecule has 3 amide bonds. The average Bonchev–Trinajstić information content (AvgIpc) is 2.43. The number of nitrogens with zero attached hydrogens (tertiary/aromatic N) is 1. The molecule has 1 saturated heterocycles. The molecule has 1 fully saturated rings. The predicted octanol–water partition coefficient (Wildman–Crippen LogP) is 2.53. The molecule has 0 spiro atoms. The maximum absolute atomic E-state index is 12.1. The lowest BCUT2D eigenvalue weighted by Crippen LogP contribution is -2.40. The smallest absolute Gasteiger partial charge is 0.321 e. The first-order valence-corrected chi connectivity index (χ1v) is 7.73. The standard InChI is InChI=1S/C14H19N3O2S/c1-10-3-4-12(9-13(10)15-11(2)18)16-14(19)17-5-7-20-8-6-17/h3-4,9H,5-8H2,1-2H3,(H,15,18)(H,16,19). The fraction of sp³-hybridized carbons (Fsp3) is 0.429. The molecular weight excluding hydrogens is 274 g/mol. The molecule has 20 heavy (non-hydrogen) atoms. The number of anilines is 2. The number of amides is 3. The number of aryl methyl sites for hydroxylation is 1. The SMILES string of the molecule is CC(=O)Nc1cc(NC(=O)N2CCSCC2)ccc1C. The summed E-state index contributed by atoms with van der Waals surface area (Å²) >= 11 is 1.86. The zero-order valence-corrected chi connectivity index (χ0v) is 12.5. The third-order valence-electron chi connectivity index (χ3n) is 3.10. The number of rotatable bonds is 2. The van der Waals surface area contributed by atoms with Crippen LogP contribution in [0.4, 0.5) is 16.2 Å². The van der Waals surface area contributed by atoms with Crippen molar-refractivity contribution in [1.29, 1.82) is 0 Å². The Balaban J connectivity index is 2.05. The number of nitrogens with one attached hydrogen (secondary N) is 2. The van der Waals surface area contributed by atoms with E-state index in [0.717, 1.165) is 35.8 Å². The van der Waals surface area contributed by atoms with E-state index in [1.165, 1.54) is 6.92 Å². The van der Waals surface area contributed by atoms with Gasteiger partial charge in [-0.3, -0.25) is 4.79 Å². The third kappa shape index (κ3) is 3.90. The summed E-state index contributed by atoms with van der Waals surface area (Å²) in [6.07, 6.45) is 0. The molecule has 0 radical (unpaired) electrons. The van der Waals surface area contributed by atoms with Crippen molar-refractivity contribution < 1.29 is 9.59 Å². The number of carbonyl (C=O) groups is 2. The first-order valence-electron chi connectivity index (χ1n) is 6.58. The highest BCUT2D eigenvalue weighted by atomic mass is 32.2. The van der Waals surface area contributed by atoms with Gasteiger partial charge in [0.05, 0.1) is 0 Å². The van der Waals surface area contributed by atoms with Crippen molar-refractivity contribution in [3.63, 3.8) is 0 Å². The fourth-order valence-corrected chi connectivity index (χ4v) is 2.90. The second-order valence-electron chi connectivity index (χ2n) is 4.74. The van der Waals surface area contributed by atoms with E-state index in [2.05, 4.69) is 10.6 Å². The maximum atomic E-state index is 12.1. The van der Waals surface area contributed by atoms with Gasteiger partial charge < -0.3 is 15.5 Å². The van der Waals surface area contributed by atoms with Crippen molar-refractivity contribution in [2.75, 3.05) is 35.2 Å². The largest absolute Gasteiger partial charge is 0.326 e. The molecular formula is C14H19N3O2S. The van der Waals surface area contributed by atoms with Gasteiger partial charge in [0, 0.05) is 42.9 Å². The summed E-state index contributed by atoms with van der Waals surface area (Å²) in [5.74, 6) is 1.85. The van der Waals surface area contributed by atoms with Gasteiger partial charge in [0.15, 0.2) is 0 Å². The number of hydrogen-bond acceptors (Lipinski definition) is 3. The molecule has 108 valence electrons. The van der Waals surface area contributed by atoms with Crippen molar-refractivity contribution in [1.82, 2.24) is 4.90 Å². The van der Waals surface area contributed by atoms with Gasteiger partial charge in [-0.15, -0.1) is 0 Å². The number of benzene rings is 1. The number of urea groups is 1. The third-order valence-corrected chi connectivity index (χ3v) is 4.04. The highest BCUT2D eigenvalue weighted by Crippen LogP contribution is 2.21. The van der Waals surface area contributed by atoms with Gasteiger partial charge in [0.2, 0.25) is 5.91 Å². The van der Waals surface area contributed by atoms with Gasteiger partial charge in [-0.25, -0.2) is 4.79 Å². The van der Waals surface area contributed by atoms with Crippen LogP contribution in [-0.2, 0) is 4.79 Å². The van der Waals surface area contributed by atoms with Crippen molar-refractivity contribution in [3.8, 4) is 0 Å². The molecule has 0 unspecified atom stereocenters. The van der Waals surface area contributed by atoms with Crippen LogP contribution in [-0.4, -0.2) is 41.4 Å². The molecule has 1 aliphatic heterocycles. The van der Waals surface area contributed by atoms with Crippen LogP contribution >= 0.6 is 11.8 Å². The van der Waals surface area contributed by atoms with Crippen molar-refractivity contribution in [3.05, 3.63) is 23.8 Å². The topological polar surface area (TPSA) is 61.4 Å². The van der Waals surface area contributed by atoms with Gasteiger partial charge in [-0.05, 0) is 24.6 Å². The molecule has 6 heteroatoms. The zero-order chi connectivity index (χ0) is 14.5. The Hall–Kier alpha value is -1.69. The average molecular weight is 293 g/mol. The molecule has 1 heterocycles. The summed E-state index contributed by atoms with van der Waals surface area (Å²) in [6, 6.07) is 5.43. The quantitative estimate of drug-likeness (QED) is 0.881. The summed E-state index contributed by atoms with van der Waals surface area (Å²) < 4.78 is 0. The monoisotopic (exact) mass is 293 g/mol. The van der Waals surface area contributed by atoms with Crippen LogP contribution in [0.25, 0.3) is 0 Å². The van der Waals surface area contributed by atoms with Crippen LogP contribution in [0.1, 0.15) is 12.5 Å². The second kappa shape index (κ2) is 6.65. The highest BCUT2D eigenvalue weighted by molar-refractivity contribution is 7.99. The minimum Gasteiger partial charge on any atom is -0.326 e. The maximum Gasteiger partial charge on any atom is 0.321 e. The van der Waals surface area contributed by atoms with E-state index in [-0.39, 0.29) is 11.9 Å². The van der Waals surface area contributed by atoms with Crippen LogP contribution in [0.2, 0.25) is 0 Å². The van der Waals surface area contributed by atoms with Crippen molar-refractivity contribution in [2.24, 2.45) is 0 Å². The van der Waals surface area contributed by atoms with E-state index in [9.17, 15) is 9.59 Å². The summed E-state index contributed by atoms with van der Waals surface area (Å²) in [6.45, 7) is 4.94. The van der Waals surface area contributed by atoms with Crippen LogP contribution in [0, 0.1) is 6.92 Å². The lowest BCUT2D eigenvalue weighted by molar-refractivity contribution is -0.114. The molecule has 1 aliphatic rings. The second-order valence-corrected chi connectivity index (χ2v) is 5.97. The number of thioether (sulfide) groups is 1. The van der Waals surface area contributed by atoms with E-state index >= 15 is 0 Å². The molecule has 0 aromatic heterocycles. The predicted molar refractivity (Wildman–Crippen MR) is 83.4 cm³/mol. The molecule has 2 rings (SSSR count). The van der Waals surface area contributed by atoms with Gasteiger partial charge in [0.25, 0.3) is 0 Å². The Morgan fingerprint density at radius 3 is 2.55 bits per heavy atom. The Labute approximate surface area is 123 Å². The molecule has 2 N–H and O–H groups in total. The number of hydrogen-bond donors (Lipinski definition) is 2. The van der Waals surface area contributed by atoms with Gasteiger partial charge in [0.1, 0.15) is 0 Å². The first-order chi connectivity index (χ1) is 9.56. The Bertz CT molecular complexity index is 513. The minimum atomic E-state index is -0.121. The van der Waals surface area contributed by atoms with Crippen molar-refractivity contribution in [2.45, 2.75) is 13.8 Å². The summed E-state index contributed by atoms with van der Waals surface area (Å²) in [5, 5.41) is 5.64. The summed E-state index contributed by atoms with van der Waals surface area (Å²) in [5.41, 5.74) is 2.39. The Morgan fingerprint density at radius 1 is 1.20 bits per heavy atom. The first kappa shape index (κ1) is 14.7. The van der Waals surface area contributed by atoms with Crippen LogP contribution in [0.3, 0.4) is 0 Å². The molecule has 1 aromatic rings. The van der Waals surface area contributed by atoms with E-state index in [1.807, 2.05) is 35.7 Å². The normalized spacial score (nSPS) is 14.8.